The summed E-state index contributed by atoms with van der Waals surface area (Å²) >= 11 is 0. The molecule has 3 heteroatoms. The summed E-state index contributed by atoms with van der Waals surface area (Å²) in [6.45, 7) is 1.82. The predicted molar refractivity (Wildman–Crippen MR) is 41.1 cm³/mol. The highest BCUT2D eigenvalue weighted by Crippen LogP contribution is 2.09. The molecule has 0 aromatic heterocycles. The Kier molecular flexibility index (Phi) is 2.63. The standard InChI is InChI=1S/C8H13NO2/c1-2-7(10)6-4-3-5-8(11)9-6/h6H,2-5H2,1H3,(H,9,11)/t6-/m0/s1. The summed E-state index contributed by atoms with van der Waals surface area (Å²) in [5, 5.41) is 2.68. The van der Waals surface area contributed by atoms with Crippen LogP contribution in [0.4, 0.5) is 0 Å². The maximum absolute atomic E-state index is 11.1. The zero-order valence-electron chi connectivity index (χ0n) is 6.72. The molecule has 1 aliphatic rings. The molecule has 3 nitrogen and oxygen atoms in total. The number of hydrogen-bond acceptors (Lipinski definition) is 2. The summed E-state index contributed by atoms with van der Waals surface area (Å²) in [6.07, 6.45) is 2.76. The van der Waals surface area contributed by atoms with Gasteiger partial charge in [0.25, 0.3) is 0 Å². The van der Waals surface area contributed by atoms with Crippen LogP contribution < -0.4 is 5.32 Å². The lowest BCUT2D eigenvalue weighted by atomic mass is 9.99. The van der Waals surface area contributed by atoms with E-state index in [4.69, 9.17) is 0 Å². The molecule has 0 saturated carbocycles. The largest absolute Gasteiger partial charge is 0.346 e. The first-order chi connectivity index (χ1) is 5.24. The molecular formula is C8H13NO2. The van der Waals surface area contributed by atoms with E-state index >= 15 is 0 Å². The second kappa shape index (κ2) is 3.51. The third-order valence-electron chi connectivity index (χ3n) is 1.97. The maximum Gasteiger partial charge on any atom is 0.220 e. The predicted octanol–water partition coefficient (Wildman–Crippen LogP) is 0.634. The Morgan fingerprint density at radius 1 is 1.73 bits per heavy atom. The lowest BCUT2D eigenvalue weighted by Gasteiger charge is -2.21. The summed E-state index contributed by atoms with van der Waals surface area (Å²) in [5.74, 6) is 0.168. The van der Waals surface area contributed by atoms with E-state index in [2.05, 4.69) is 5.32 Å². The summed E-state index contributed by atoms with van der Waals surface area (Å²) in [5.41, 5.74) is 0. The first kappa shape index (κ1) is 8.24. The minimum Gasteiger partial charge on any atom is -0.346 e. The Labute approximate surface area is 66.2 Å². The molecule has 0 bridgehead atoms. The van der Waals surface area contributed by atoms with E-state index in [9.17, 15) is 9.59 Å². The van der Waals surface area contributed by atoms with Crippen molar-refractivity contribution >= 4 is 11.7 Å². The lowest BCUT2D eigenvalue weighted by Crippen LogP contribution is -2.43. The summed E-state index contributed by atoms with van der Waals surface area (Å²) in [7, 11) is 0. The van der Waals surface area contributed by atoms with Crippen molar-refractivity contribution in [1.82, 2.24) is 5.32 Å². The van der Waals surface area contributed by atoms with Gasteiger partial charge in [0, 0.05) is 12.8 Å². The lowest BCUT2D eigenvalue weighted by molar-refractivity contribution is -0.129. The fraction of sp³-hybridized carbons (Fsp3) is 0.750. The second-order valence-electron chi connectivity index (χ2n) is 2.83. The number of nitrogens with one attached hydrogen (secondary N) is 1. The molecule has 0 aliphatic carbocycles. The molecule has 0 unspecified atom stereocenters. The SMILES string of the molecule is CCC(=O)[C@@H]1CCCC(=O)N1. The maximum atomic E-state index is 11.1. The molecule has 11 heavy (non-hydrogen) atoms. The van der Waals surface area contributed by atoms with Gasteiger partial charge < -0.3 is 5.32 Å². The Bertz CT molecular complexity index is 177. The number of rotatable bonds is 2. The Hall–Kier alpha value is -0.860. The van der Waals surface area contributed by atoms with Gasteiger partial charge in [-0.3, -0.25) is 9.59 Å². The highest BCUT2D eigenvalue weighted by Gasteiger charge is 2.22. The van der Waals surface area contributed by atoms with E-state index in [1.807, 2.05) is 6.92 Å². The van der Waals surface area contributed by atoms with Crippen LogP contribution in [0.5, 0.6) is 0 Å². The summed E-state index contributed by atoms with van der Waals surface area (Å²) in [6, 6.07) is -0.193. The number of amides is 1. The topological polar surface area (TPSA) is 46.2 Å². The van der Waals surface area contributed by atoms with Crippen LogP contribution >= 0.6 is 0 Å². The molecule has 1 fully saturated rings. The molecule has 1 heterocycles. The molecule has 1 amide bonds. The number of piperidine rings is 1. The van der Waals surface area contributed by atoms with Gasteiger partial charge in [-0.05, 0) is 12.8 Å². The van der Waals surface area contributed by atoms with Crippen molar-refractivity contribution in [3.8, 4) is 0 Å². The van der Waals surface area contributed by atoms with Crippen LogP contribution in [0.15, 0.2) is 0 Å². The van der Waals surface area contributed by atoms with Crippen molar-refractivity contribution < 1.29 is 9.59 Å². The molecule has 0 aromatic rings. The third kappa shape index (κ3) is 2.03. The van der Waals surface area contributed by atoms with Crippen molar-refractivity contribution in [2.45, 2.75) is 38.6 Å². The van der Waals surface area contributed by atoms with Crippen molar-refractivity contribution in [3.05, 3.63) is 0 Å². The zero-order chi connectivity index (χ0) is 8.27. The second-order valence-corrected chi connectivity index (χ2v) is 2.83. The first-order valence-electron chi connectivity index (χ1n) is 4.06. The normalized spacial score (nSPS) is 24.5. The average molecular weight is 155 g/mol. The highest BCUT2D eigenvalue weighted by molar-refractivity contribution is 5.89. The van der Waals surface area contributed by atoms with Gasteiger partial charge in [-0.15, -0.1) is 0 Å². The molecule has 1 rings (SSSR count). The molecule has 0 spiro atoms. The minimum absolute atomic E-state index is 0.0167. The zero-order valence-corrected chi connectivity index (χ0v) is 6.72. The third-order valence-corrected chi connectivity index (χ3v) is 1.97. The number of ketones is 1. The van der Waals surface area contributed by atoms with Crippen molar-refractivity contribution in [3.63, 3.8) is 0 Å². The smallest absolute Gasteiger partial charge is 0.220 e. The first-order valence-corrected chi connectivity index (χ1v) is 4.06. The molecular weight excluding hydrogens is 142 g/mol. The highest BCUT2D eigenvalue weighted by atomic mass is 16.2. The van der Waals surface area contributed by atoms with E-state index in [0.29, 0.717) is 12.8 Å². The number of carbonyl (C=O) groups is 2. The van der Waals surface area contributed by atoms with Gasteiger partial charge >= 0.3 is 0 Å². The van der Waals surface area contributed by atoms with Crippen LogP contribution in [-0.4, -0.2) is 17.7 Å². The molecule has 1 saturated heterocycles. The molecule has 1 N–H and O–H groups in total. The molecule has 0 radical (unpaired) electrons. The van der Waals surface area contributed by atoms with E-state index in [0.717, 1.165) is 12.8 Å². The Balaban J connectivity index is 2.45. The van der Waals surface area contributed by atoms with Crippen molar-refractivity contribution in [2.24, 2.45) is 0 Å². The van der Waals surface area contributed by atoms with E-state index in [1.54, 1.807) is 0 Å². The summed E-state index contributed by atoms with van der Waals surface area (Å²) < 4.78 is 0. The Morgan fingerprint density at radius 3 is 3.00 bits per heavy atom. The van der Waals surface area contributed by atoms with Gasteiger partial charge in [0.1, 0.15) is 0 Å². The van der Waals surface area contributed by atoms with Gasteiger partial charge in [-0.2, -0.15) is 0 Å². The van der Waals surface area contributed by atoms with Crippen molar-refractivity contribution in [2.75, 3.05) is 0 Å². The molecule has 1 aliphatic heterocycles. The van der Waals surface area contributed by atoms with E-state index < -0.39 is 0 Å². The van der Waals surface area contributed by atoms with Crippen LogP contribution in [0.2, 0.25) is 0 Å². The van der Waals surface area contributed by atoms with Crippen LogP contribution in [-0.2, 0) is 9.59 Å². The molecule has 62 valence electrons. The van der Waals surface area contributed by atoms with Crippen LogP contribution in [0, 0.1) is 0 Å². The number of carbonyl (C=O) groups excluding carboxylic acids is 2. The monoisotopic (exact) mass is 155 g/mol. The summed E-state index contributed by atoms with van der Waals surface area (Å²) in [4.78, 5) is 21.9. The number of Topliss-reactive ketones (excluding diaryl/α,β-unsaturated/α-hetero) is 1. The van der Waals surface area contributed by atoms with Gasteiger partial charge in [0.05, 0.1) is 6.04 Å². The molecule has 1 atom stereocenters. The Morgan fingerprint density at radius 2 is 2.45 bits per heavy atom. The average Bonchev–Trinajstić information content (AvgIpc) is 2.03. The number of hydrogen-bond donors (Lipinski definition) is 1. The van der Waals surface area contributed by atoms with Gasteiger partial charge in [-0.25, -0.2) is 0 Å². The van der Waals surface area contributed by atoms with Crippen LogP contribution in [0.3, 0.4) is 0 Å². The minimum atomic E-state index is -0.193. The van der Waals surface area contributed by atoms with E-state index in [-0.39, 0.29) is 17.7 Å². The van der Waals surface area contributed by atoms with Crippen LogP contribution in [0.25, 0.3) is 0 Å². The van der Waals surface area contributed by atoms with E-state index in [1.165, 1.54) is 0 Å². The van der Waals surface area contributed by atoms with Gasteiger partial charge in [0.15, 0.2) is 5.78 Å². The fourth-order valence-electron chi connectivity index (χ4n) is 1.29. The van der Waals surface area contributed by atoms with Crippen molar-refractivity contribution in [1.29, 1.82) is 0 Å². The molecule has 0 aromatic carbocycles. The van der Waals surface area contributed by atoms with Gasteiger partial charge in [-0.1, -0.05) is 6.92 Å². The quantitative estimate of drug-likeness (QED) is 0.636. The van der Waals surface area contributed by atoms with Crippen LogP contribution in [0.1, 0.15) is 32.6 Å². The fourth-order valence-corrected chi connectivity index (χ4v) is 1.29. The van der Waals surface area contributed by atoms with Gasteiger partial charge in [0.2, 0.25) is 5.91 Å².